The summed E-state index contributed by atoms with van der Waals surface area (Å²) < 4.78 is 5.25. The van der Waals surface area contributed by atoms with Crippen molar-refractivity contribution in [2.24, 2.45) is 13.0 Å². The maximum Gasteiger partial charge on any atom is 0.0739 e. The molecule has 0 fully saturated rings. The predicted octanol–water partition coefficient (Wildman–Crippen LogP) is 3.26. The van der Waals surface area contributed by atoms with Crippen molar-refractivity contribution in [3.63, 3.8) is 0 Å². The first-order valence-electron chi connectivity index (χ1n) is 6.95. The van der Waals surface area contributed by atoms with Gasteiger partial charge in [-0.3, -0.25) is 4.68 Å². The van der Waals surface area contributed by atoms with Crippen LogP contribution >= 0.6 is 15.9 Å². The maximum absolute atomic E-state index is 4.44. The van der Waals surface area contributed by atoms with Crippen LogP contribution < -0.4 is 5.32 Å². The molecule has 20 heavy (non-hydrogen) atoms. The lowest BCUT2D eigenvalue weighted by atomic mass is 9.99. The van der Waals surface area contributed by atoms with Gasteiger partial charge in [-0.2, -0.15) is 5.10 Å². The van der Waals surface area contributed by atoms with E-state index in [0.29, 0.717) is 12.0 Å². The topological polar surface area (TPSA) is 34.8 Å². The van der Waals surface area contributed by atoms with Crippen LogP contribution in [0.1, 0.15) is 36.8 Å². The molecule has 0 saturated carbocycles. The predicted molar refractivity (Wildman–Crippen MR) is 85.8 cm³/mol. The molecule has 1 unspecified atom stereocenters. The molecule has 5 heteroatoms. The fourth-order valence-electron chi connectivity index (χ4n) is 2.65. The SMILES string of the molecule is CNC(c1ccn(Cc2c(Br)c(C)nn2C)c1)C(C)C. The number of aromatic nitrogens is 3. The molecule has 0 aliphatic heterocycles. The first-order valence-corrected chi connectivity index (χ1v) is 7.74. The number of aryl methyl sites for hydroxylation is 2. The molecule has 4 nitrogen and oxygen atoms in total. The molecule has 110 valence electrons. The summed E-state index contributed by atoms with van der Waals surface area (Å²) in [6, 6.07) is 2.59. The molecule has 1 N–H and O–H groups in total. The highest BCUT2D eigenvalue weighted by atomic mass is 79.9. The molecule has 2 rings (SSSR count). The minimum atomic E-state index is 0.396. The second-order valence-electron chi connectivity index (χ2n) is 5.60. The summed E-state index contributed by atoms with van der Waals surface area (Å²) in [5.41, 5.74) is 3.55. The van der Waals surface area contributed by atoms with Gasteiger partial charge in [0.15, 0.2) is 0 Å². The molecule has 2 aromatic rings. The minimum absolute atomic E-state index is 0.396. The Kier molecular flexibility index (Phi) is 4.70. The van der Waals surface area contributed by atoms with Crippen molar-refractivity contribution in [2.75, 3.05) is 7.05 Å². The monoisotopic (exact) mass is 338 g/mol. The molecule has 0 bridgehead atoms. The van der Waals surface area contributed by atoms with Gasteiger partial charge in [-0.25, -0.2) is 0 Å². The van der Waals surface area contributed by atoms with Gasteiger partial charge in [-0.1, -0.05) is 13.8 Å². The van der Waals surface area contributed by atoms with Crippen LogP contribution in [0.2, 0.25) is 0 Å². The lowest BCUT2D eigenvalue weighted by Crippen LogP contribution is -2.21. The molecule has 0 spiro atoms. The Morgan fingerprint density at radius 2 is 2.10 bits per heavy atom. The molecule has 0 amide bonds. The van der Waals surface area contributed by atoms with E-state index < -0.39 is 0 Å². The average molecular weight is 339 g/mol. The standard InChI is InChI=1S/C15H23BrN4/c1-10(2)15(17-4)12-6-7-20(8-12)9-13-14(16)11(3)18-19(13)5/h6-8,10,15,17H,9H2,1-5H3. The molecule has 0 radical (unpaired) electrons. The van der Waals surface area contributed by atoms with Crippen LogP contribution in [0.3, 0.4) is 0 Å². The van der Waals surface area contributed by atoms with Gasteiger partial charge >= 0.3 is 0 Å². The number of nitrogens with one attached hydrogen (secondary N) is 1. The lowest BCUT2D eigenvalue weighted by Gasteiger charge is -2.18. The van der Waals surface area contributed by atoms with Crippen molar-refractivity contribution in [3.05, 3.63) is 39.9 Å². The molecule has 1 atom stereocenters. The van der Waals surface area contributed by atoms with Gasteiger partial charge in [0.25, 0.3) is 0 Å². The second kappa shape index (κ2) is 6.14. The summed E-state index contributed by atoms with van der Waals surface area (Å²) in [6.45, 7) is 7.32. The van der Waals surface area contributed by atoms with Crippen molar-refractivity contribution in [1.82, 2.24) is 19.7 Å². The Morgan fingerprint density at radius 3 is 2.60 bits per heavy atom. The van der Waals surface area contributed by atoms with E-state index in [0.717, 1.165) is 16.7 Å². The molecule has 0 aromatic carbocycles. The Labute approximate surface area is 129 Å². The van der Waals surface area contributed by atoms with Crippen LogP contribution in [0.25, 0.3) is 0 Å². The first-order chi connectivity index (χ1) is 9.43. The van der Waals surface area contributed by atoms with Crippen molar-refractivity contribution < 1.29 is 0 Å². The van der Waals surface area contributed by atoms with E-state index in [-0.39, 0.29) is 0 Å². The first kappa shape index (κ1) is 15.3. The van der Waals surface area contributed by atoms with E-state index >= 15 is 0 Å². The van der Waals surface area contributed by atoms with Gasteiger partial charge in [0.2, 0.25) is 0 Å². The summed E-state index contributed by atoms with van der Waals surface area (Å²) in [5, 5.41) is 7.82. The summed E-state index contributed by atoms with van der Waals surface area (Å²) in [5.74, 6) is 0.571. The molecule has 0 aliphatic carbocycles. The second-order valence-corrected chi connectivity index (χ2v) is 6.39. The minimum Gasteiger partial charge on any atom is -0.348 e. The van der Waals surface area contributed by atoms with E-state index in [4.69, 9.17) is 0 Å². The van der Waals surface area contributed by atoms with Crippen LogP contribution in [-0.2, 0) is 13.6 Å². The number of hydrogen-bond donors (Lipinski definition) is 1. The number of hydrogen-bond acceptors (Lipinski definition) is 2. The van der Waals surface area contributed by atoms with Gasteiger partial charge < -0.3 is 9.88 Å². The third kappa shape index (κ3) is 2.99. The van der Waals surface area contributed by atoms with Crippen molar-refractivity contribution in [1.29, 1.82) is 0 Å². The van der Waals surface area contributed by atoms with Crippen molar-refractivity contribution in [3.8, 4) is 0 Å². The summed E-state index contributed by atoms with van der Waals surface area (Å²) in [7, 11) is 4.01. The summed E-state index contributed by atoms with van der Waals surface area (Å²) in [4.78, 5) is 0. The van der Waals surface area contributed by atoms with Crippen LogP contribution in [0, 0.1) is 12.8 Å². The highest BCUT2D eigenvalue weighted by Gasteiger charge is 2.16. The fourth-order valence-corrected chi connectivity index (χ4v) is 3.11. The Morgan fingerprint density at radius 1 is 1.40 bits per heavy atom. The van der Waals surface area contributed by atoms with Crippen LogP contribution in [0.4, 0.5) is 0 Å². The van der Waals surface area contributed by atoms with E-state index in [9.17, 15) is 0 Å². The van der Waals surface area contributed by atoms with Gasteiger partial charge in [-0.15, -0.1) is 0 Å². The zero-order chi connectivity index (χ0) is 14.9. The Bertz CT molecular complexity index is 583. The molecular formula is C15H23BrN4. The molecule has 0 aliphatic rings. The zero-order valence-electron chi connectivity index (χ0n) is 12.8. The van der Waals surface area contributed by atoms with Crippen LogP contribution in [0.15, 0.2) is 22.9 Å². The highest BCUT2D eigenvalue weighted by molar-refractivity contribution is 9.10. The molecule has 2 aromatic heterocycles. The lowest BCUT2D eigenvalue weighted by molar-refractivity contribution is 0.442. The normalized spacial score (nSPS) is 13.2. The van der Waals surface area contributed by atoms with E-state index in [1.807, 2.05) is 25.7 Å². The Balaban J connectivity index is 2.21. The van der Waals surface area contributed by atoms with E-state index in [1.54, 1.807) is 0 Å². The molecular weight excluding hydrogens is 316 g/mol. The van der Waals surface area contributed by atoms with E-state index in [2.05, 4.69) is 63.2 Å². The Hall–Kier alpha value is -1.07. The number of nitrogens with zero attached hydrogens (tertiary/aromatic N) is 3. The van der Waals surface area contributed by atoms with E-state index in [1.165, 1.54) is 11.3 Å². The summed E-state index contributed by atoms with van der Waals surface area (Å²) >= 11 is 3.62. The molecule has 0 saturated heterocycles. The largest absolute Gasteiger partial charge is 0.348 e. The van der Waals surface area contributed by atoms with Crippen LogP contribution in [-0.4, -0.2) is 21.4 Å². The number of halogens is 1. The smallest absolute Gasteiger partial charge is 0.0739 e. The maximum atomic E-state index is 4.44. The average Bonchev–Trinajstić information content (AvgIpc) is 2.91. The fraction of sp³-hybridized carbons (Fsp3) is 0.533. The zero-order valence-corrected chi connectivity index (χ0v) is 14.4. The van der Waals surface area contributed by atoms with Crippen molar-refractivity contribution in [2.45, 2.75) is 33.4 Å². The van der Waals surface area contributed by atoms with Gasteiger partial charge in [0.05, 0.1) is 22.4 Å². The number of rotatable bonds is 5. The third-order valence-electron chi connectivity index (χ3n) is 3.70. The summed E-state index contributed by atoms with van der Waals surface area (Å²) in [6.07, 6.45) is 4.35. The van der Waals surface area contributed by atoms with Crippen LogP contribution in [0.5, 0.6) is 0 Å². The van der Waals surface area contributed by atoms with Gasteiger partial charge in [0.1, 0.15) is 0 Å². The quantitative estimate of drug-likeness (QED) is 0.907. The third-order valence-corrected chi connectivity index (χ3v) is 4.74. The van der Waals surface area contributed by atoms with Crippen molar-refractivity contribution >= 4 is 15.9 Å². The van der Waals surface area contributed by atoms with Gasteiger partial charge in [-0.05, 0) is 47.4 Å². The molecule has 2 heterocycles. The van der Waals surface area contributed by atoms with Gasteiger partial charge in [0, 0.05) is 25.5 Å². The highest BCUT2D eigenvalue weighted by Crippen LogP contribution is 2.24.